The van der Waals surface area contributed by atoms with E-state index in [0.717, 1.165) is 0 Å². The van der Waals surface area contributed by atoms with Crippen LogP contribution in [0.2, 0.25) is 0 Å². The topological polar surface area (TPSA) is 39.4 Å². The van der Waals surface area contributed by atoms with E-state index in [0.29, 0.717) is 0 Å². The zero-order valence-corrected chi connectivity index (χ0v) is 12.8. The zero-order chi connectivity index (χ0) is 12.7. The molecule has 0 saturated heterocycles. The summed E-state index contributed by atoms with van der Waals surface area (Å²) in [5.41, 5.74) is 0. The zero-order valence-electron chi connectivity index (χ0n) is 9.75. The van der Waals surface area contributed by atoms with Gasteiger partial charge in [-0.2, -0.15) is 0 Å². The minimum atomic E-state index is -2.52. The molecule has 0 saturated carbocycles. The SMILES string of the molecule is CP(I)(c1ccoc1)(c1ccoc1)c1ccoc1. The van der Waals surface area contributed by atoms with Gasteiger partial charge >= 0.3 is 118 Å². The molecular formula is C13H12IO3P. The Morgan fingerprint density at radius 3 is 1.33 bits per heavy atom. The molecule has 0 aliphatic heterocycles. The van der Waals surface area contributed by atoms with Crippen LogP contribution in [-0.2, 0) is 0 Å². The summed E-state index contributed by atoms with van der Waals surface area (Å²) in [6.45, 7) is 2.26. The Balaban J connectivity index is 2.34. The van der Waals surface area contributed by atoms with Gasteiger partial charge in [-0.05, 0) is 0 Å². The molecule has 0 N–H and O–H groups in total. The molecule has 18 heavy (non-hydrogen) atoms. The number of hydrogen-bond acceptors (Lipinski definition) is 3. The van der Waals surface area contributed by atoms with Gasteiger partial charge < -0.3 is 0 Å². The van der Waals surface area contributed by atoms with Gasteiger partial charge in [0.1, 0.15) is 0 Å². The van der Waals surface area contributed by atoms with Gasteiger partial charge in [-0.1, -0.05) is 0 Å². The van der Waals surface area contributed by atoms with Gasteiger partial charge in [0, 0.05) is 0 Å². The second kappa shape index (κ2) is 4.00. The summed E-state index contributed by atoms with van der Waals surface area (Å²) in [6, 6.07) is 6.05. The Bertz CT molecular complexity index is 533. The predicted molar refractivity (Wildman–Crippen MR) is 81.9 cm³/mol. The predicted octanol–water partition coefficient (Wildman–Crippen LogP) is 3.28. The van der Waals surface area contributed by atoms with Crippen molar-refractivity contribution in [1.29, 1.82) is 0 Å². The summed E-state index contributed by atoms with van der Waals surface area (Å²) < 4.78 is 13.3. The van der Waals surface area contributed by atoms with Crippen molar-refractivity contribution in [3.05, 3.63) is 55.8 Å². The van der Waals surface area contributed by atoms with Crippen LogP contribution in [0.4, 0.5) is 0 Å². The molecule has 0 aromatic carbocycles. The Morgan fingerprint density at radius 2 is 1.11 bits per heavy atom. The Morgan fingerprint density at radius 1 is 0.778 bits per heavy atom. The molecule has 3 heterocycles. The van der Waals surface area contributed by atoms with E-state index in [1.165, 1.54) is 15.9 Å². The standard InChI is InChI=1S/C13H12IO3P/c1-18(14,11-2-5-15-8-11,12-3-6-16-9-12)13-4-7-17-10-13/h2-10H,1H3. The van der Waals surface area contributed by atoms with Gasteiger partial charge in [-0.3, -0.25) is 0 Å². The first-order valence-corrected chi connectivity index (χ1v) is 10.9. The minimum absolute atomic E-state index is 1.17. The molecule has 0 amide bonds. The third kappa shape index (κ3) is 1.52. The molecule has 5 heteroatoms. The first kappa shape index (κ1) is 12.1. The number of rotatable bonds is 3. The quantitative estimate of drug-likeness (QED) is 0.522. The van der Waals surface area contributed by atoms with Crippen LogP contribution in [0.3, 0.4) is 0 Å². The fraction of sp³-hybridized carbons (Fsp3) is 0.0769. The fourth-order valence-electron chi connectivity index (χ4n) is 2.13. The second-order valence-corrected chi connectivity index (χ2v) is 16.0. The molecule has 0 unspecified atom stereocenters. The van der Waals surface area contributed by atoms with E-state index in [1.54, 1.807) is 18.8 Å². The summed E-state index contributed by atoms with van der Waals surface area (Å²) >= 11 is 2.55. The third-order valence-corrected chi connectivity index (χ3v) is 12.8. The van der Waals surface area contributed by atoms with Crippen LogP contribution in [-0.4, -0.2) is 6.66 Å². The molecule has 3 nitrogen and oxygen atoms in total. The third-order valence-electron chi connectivity index (χ3n) is 3.36. The van der Waals surface area contributed by atoms with Crippen molar-refractivity contribution in [2.75, 3.05) is 6.66 Å². The van der Waals surface area contributed by atoms with Crippen molar-refractivity contribution in [3.63, 3.8) is 0 Å². The summed E-state index contributed by atoms with van der Waals surface area (Å²) in [7, 11) is 0. The van der Waals surface area contributed by atoms with Gasteiger partial charge in [0.25, 0.3) is 0 Å². The van der Waals surface area contributed by atoms with Crippen LogP contribution >= 0.6 is 26.3 Å². The maximum atomic E-state index is 5.29. The normalized spacial score (nSPS) is 14.2. The number of furan rings is 3. The van der Waals surface area contributed by atoms with E-state index < -0.39 is 4.25 Å². The molecule has 0 fully saturated rings. The van der Waals surface area contributed by atoms with Crippen LogP contribution in [0.25, 0.3) is 0 Å². The van der Waals surface area contributed by atoms with Crippen molar-refractivity contribution >= 4 is 42.2 Å². The average Bonchev–Trinajstić information content (AvgIpc) is 3.13. The molecule has 0 spiro atoms. The van der Waals surface area contributed by atoms with Gasteiger partial charge in [-0.25, -0.2) is 0 Å². The van der Waals surface area contributed by atoms with Crippen molar-refractivity contribution in [3.8, 4) is 0 Å². The van der Waals surface area contributed by atoms with Crippen LogP contribution in [0, 0.1) is 0 Å². The summed E-state index contributed by atoms with van der Waals surface area (Å²) in [5.74, 6) is 0. The Hall–Kier alpha value is -1.00. The Kier molecular flexibility index (Phi) is 2.68. The molecule has 94 valence electrons. The molecule has 0 aliphatic carbocycles. The van der Waals surface area contributed by atoms with E-state index >= 15 is 0 Å². The van der Waals surface area contributed by atoms with E-state index in [2.05, 4.69) is 28.7 Å². The first-order valence-electron chi connectivity index (χ1n) is 5.43. The molecular weight excluding hydrogens is 362 g/mol. The number of hydrogen-bond donors (Lipinski definition) is 0. The summed E-state index contributed by atoms with van der Waals surface area (Å²) in [4.78, 5) is 0. The van der Waals surface area contributed by atoms with Crippen LogP contribution in [0.5, 0.6) is 0 Å². The molecule has 3 rings (SSSR count). The van der Waals surface area contributed by atoms with E-state index in [4.69, 9.17) is 13.3 Å². The van der Waals surface area contributed by atoms with Crippen LogP contribution in [0.15, 0.2) is 69.0 Å². The summed E-state index contributed by atoms with van der Waals surface area (Å²) in [5, 5.41) is 3.51. The van der Waals surface area contributed by atoms with Crippen LogP contribution < -0.4 is 15.9 Å². The van der Waals surface area contributed by atoms with Crippen molar-refractivity contribution < 1.29 is 13.3 Å². The Labute approximate surface area is 118 Å². The van der Waals surface area contributed by atoms with Crippen molar-refractivity contribution in [2.45, 2.75) is 0 Å². The van der Waals surface area contributed by atoms with Gasteiger partial charge in [0.15, 0.2) is 0 Å². The van der Waals surface area contributed by atoms with E-state index in [-0.39, 0.29) is 0 Å². The van der Waals surface area contributed by atoms with Crippen molar-refractivity contribution in [2.24, 2.45) is 0 Å². The molecule has 0 atom stereocenters. The van der Waals surface area contributed by atoms with Crippen LogP contribution in [0.1, 0.15) is 0 Å². The van der Waals surface area contributed by atoms with E-state index in [9.17, 15) is 0 Å². The molecule has 3 aromatic heterocycles. The van der Waals surface area contributed by atoms with E-state index in [1.807, 2.05) is 37.0 Å². The monoisotopic (exact) mass is 374 g/mol. The molecule has 3 aromatic rings. The average molecular weight is 374 g/mol. The second-order valence-electron chi connectivity index (χ2n) is 4.37. The first-order chi connectivity index (χ1) is 8.62. The summed E-state index contributed by atoms with van der Waals surface area (Å²) in [6.07, 6.45) is 10.6. The van der Waals surface area contributed by atoms with Gasteiger partial charge in [-0.15, -0.1) is 0 Å². The van der Waals surface area contributed by atoms with Gasteiger partial charge in [0.2, 0.25) is 0 Å². The molecule has 0 bridgehead atoms. The fourth-order valence-corrected chi connectivity index (χ4v) is 7.67. The van der Waals surface area contributed by atoms with Crippen molar-refractivity contribution in [1.82, 2.24) is 0 Å². The number of halogens is 1. The van der Waals surface area contributed by atoms with Gasteiger partial charge in [0.05, 0.1) is 0 Å². The molecule has 0 radical (unpaired) electrons. The molecule has 0 aliphatic rings. The maximum absolute atomic E-state index is 5.29.